The third kappa shape index (κ3) is 3.59. The Morgan fingerprint density at radius 2 is 2.24 bits per heavy atom. The maximum Gasteiger partial charge on any atom is 0.264 e. The molecule has 0 fully saturated rings. The Morgan fingerprint density at radius 1 is 1.43 bits per heavy atom. The number of carbonyl (C=O) groups excluding carboxylic acids is 1. The van der Waals surface area contributed by atoms with Crippen molar-refractivity contribution in [2.45, 2.75) is 25.3 Å². The monoisotopic (exact) mass is 303 g/mol. The molecule has 0 bridgehead atoms. The van der Waals surface area contributed by atoms with Gasteiger partial charge >= 0.3 is 0 Å². The maximum atomic E-state index is 11.9. The molecule has 0 unspecified atom stereocenters. The van der Waals surface area contributed by atoms with Gasteiger partial charge in [0.2, 0.25) is 0 Å². The van der Waals surface area contributed by atoms with Crippen molar-refractivity contribution >= 4 is 22.4 Å². The zero-order valence-corrected chi connectivity index (χ0v) is 12.4. The first-order chi connectivity index (χ1) is 10.2. The first kappa shape index (κ1) is 14.0. The number of anilines is 1. The second-order valence-electron chi connectivity index (χ2n) is 5.04. The van der Waals surface area contributed by atoms with Gasteiger partial charge in [-0.2, -0.15) is 0 Å². The molecule has 0 aliphatic heterocycles. The third-order valence-corrected chi connectivity index (χ3v) is 4.37. The van der Waals surface area contributed by atoms with E-state index in [2.05, 4.69) is 10.3 Å². The van der Waals surface area contributed by atoms with E-state index in [-0.39, 0.29) is 18.6 Å². The fourth-order valence-corrected chi connectivity index (χ4v) is 3.39. The summed E-state index contributed by atoms with van der Waals surface area (Å²) < 4.78 is 5.40. The minimum Gasteiger partial charge on any atom is -0.484 e. The highest BCUT2D eigenvalue weighted by molar-refractivity contribution is 7.15. The first-order valence-corrected chi connectivity index (χ1v) is 7.74. The summed E-state index contributed by atoms with van der Waals surface area (Å²) in [5.41, 5.74) is 7.01. The van der Waals surface area contributed by atoms with Crippen molar-refractivity contribution in [3.8, 4) is 5.75 Å². The van der Waals surface area contributed by atoms with Crippen LogP contribution in [0.25, 0.3) is 0 Å². The summed E-state index contributed by atoms with van der Waals surface area (Å²) in [5.74, 6) is 0.478. The number of para-hydroxylation sites is 1. The Kier molecular flexibility index (Phi) is 4.17. The molecule has 1 aliphatic rings. The van der Waals surface area contributed by atoms with E-state index in [9.17, 15) is 4.79 Å². The predicted octanol–water partition coefficient (Wildman–Crippen LogP) is 1.98. The molecular formula is C15H17N3O2S. The Hall–Kier alpha value is -1.92. The molecule has 1 aliphatic carbocycles. The number of fused-ring (bicyclic) bond motifs is 1. The van der Waals surface area contributed by atoms with E-state index in [4.69, 9.17) is 10.5 Å². The van der Waals surface area contributed by atoms with Gasteiger partial charge in [0, 0.05) is 10.9 Å². The van der Waals surface area contributed by atoms with Crippen LogP contribution in [0.2, 0.25) is 0 Å². The van der Waals surface area contributed by atoms with Gasteiger partial charge in [0.15, 0.2) is 11.7 Å². The number of ether oxygens (including phenoxy) is 1. The predicted molar refractivity (Wildman–Crippen MR) is 82.7 cm³/mol. The molecule has 1 heterocycles. The lowest BCUT2D eigenvalue weighted by atomic mass is 9.99. The number of hydrogen-bond donors (Lipinski definition) is 2. The van der Waals surface area contributed by atoms with Crippen molar-refractivity contribution < 1.29 is 9.53 Å². The second-order valence-corrected chi connectivity index (χ2v) is 6.13. The summed E-state index contributed by atoms with van der Waals surface area (Å²) in [6.45, 7) is -0.0201. The molecule has 0 saturated heterocycles. The molecule has 3 N–H and O–H groups in total. The average molecular weight is 303 g/mol. The smallest absolute Gasteiger partial charge is 0.264 e. The minimum atomic E-state index is -0.200. The van der Waals surface area contributed by atoms with Crippen LogP contribution in [0.4, 0.5) is 5.13 Å². The van der Waals surface area contributed by atoms with Crippen molar-refractivity contribution in [2.75, 3.05) is 11.9 Å². The number of amides is 1. The Balaban J connectivity index is 1.55. The molecule has 3 rings (SSSR count). The molecule has 1 amide bonds. The van der Waals surface area contributed by atoms with Crippen LogP contribution in [0.5, 0.6) is 5.75 Å². The molecule has 1 atom stereocenters. The summed E-state index contributed by atoms with van der Waals surface area (Å²) in [5, 5.41) is 3.42. The van der Waals surface area contributed by atoms with Crippen LogP contribution in [-0.2, 0) is 17.6 Å². The number of carbonyl (C=O) groups is 1. The lowest BCUT2D eigenvalue weighted by Crippen LogP contribution is -2.27. The highest BCUT2D eigenvalue weighted by Gasteiger charge is 2.20. The second kappa shape index (κ2) is 6.24. The van der Waals surface area contributed by atoms with Gasteiger partial charge in [0.1, 0.15) is 5.75 Å². The topological polar surface area (TPSA) is 77.2 Å². The molecule has 1 aromatic carbocycles. The highest BCUT2D eigenvalue weighted by Crippen LogP contribution is 2.29. The maximum absolute atomic E-state index is 11.9. The van der Waals surface area contributed by atoms with Crippen LogP contribution in [0.1, 0.15) is 17.0 Å². The van der Waals surface area contributed by atoms with Gasteiger partial charge in [0.05, 0.1) is 5.69 Å². The normalized spacial score (nSPS) is 17.1. The van der Waals surface area contributed by atoms with E-state index >= 15 is 0 Å². The van der Waals surface area contributed by atoms with E-state index in [0.717, 1.165) is 25.0 Å². The zero-order chi connectivity index (χ0) is 14.7. The minimum absolute atomic E-state index is 0.0201. The summed E-state index contributed by atoms with van der Waals surface area (Å²) in [7, 11) is 0. The molecule has 21 heavy (non-hydrogen) atoms. The van der Waals surface area contributed by atoms with E-state index in [1.54, 1.807) is 0 Å². The van der Waals surface area contributed by atoms with Gasteiger partial charge in [-0.15, -0.1) is 11.3 Å². The van der Waals surface area contributed by atoms with Gasteiger partial charge in [-0.1, -0.05) is 18.2 Å². The molecule has 110 valence electrons. The summed E-state index contributed by atoms with van der Waals surface area (Å²) in [6, 6.07) is 9.48. The summed E-state index contributed by atoms with van der Waals surface area (Å²) in [6.07, 6.45) is 2.70. The zero-order valence-electron chi connectivity index (χ0n) is 11.5. The molecule has 2 aromatic rings. The molecular weight excluding hydrogens is 286 g/mol. The van der Waals surface area contributed by atoms with Crippen molar-refractivity contribution in [1.82, 2.24) is 4.98 Å². The number of aromatic nitrogens is 1. The SMILES string of the molecule is N[C@H]1CCc2nc(NC(=O)COc3ccccc3)sc2C1. The van der Waals surface area contributed by atoms with Gasteiger partial charge in [-0.25, -0.2) is 4.98 Å². The Bertz CT molecular complexity index is 627. The Morgan fingerprint density at radius 3 is 3.05 bits per heavy atom. The van der Waals surface area contributed by atoms with Crippen LogP contribution in [-0.4, -0.2) is 23.5 Å². The molecule has 6 heteroatoms. The van der Waals surface area contributed by atoms with Crippen LogP contribution in [0.15, 0.2) is 30.3 Å². The number of hydrogen-bond acceptors (Lipinski definition) is 5. The summed E-state index contributed by atoms with van der Waals surface area (Å²) in [4.78, 5) is 17.5. The van der Waals surface area contributed by atoms with Crippen LogP contribution in [0.3, 0.4) is 0 Å². The molecule has 5 nitrogen and oxygen atoms in total. The van der Waals surface area contributed by atoms with Gasteiger partial charge in [-0.05, 0) is 31.4 Å². The average Bonchev–Trinajstić information content (AvgIpc) is 2.87. The van der Waals surface area contributed by atoms with Crippen molar-refractivity contribution in [3.63, 3.8) is 0 Å². The molecule has 0 saturated carbocycles. The fourth-order valence-electron chi connectivity index (χ4n) is 2.27. The quantitative estimate of drug-likeness (QED) is 0.905. The number of rotatable bonds is 4. The molecule has 1 aromatic heterocycles. The van der Waals surface area contributed by atoms with Crippen LogP contribution >= 0.6 is 11.3 Å². The fraction of sp³-hybridized carbons (Fsp3) is 0.333. The van der Waals surface area contributed by atoms with Gasteiger partial charge < -0.3 is 10.5 Å². The largest absolute Gasteiger partial charge is 0.484 e. The lowest BCUT2D eigenvalue weighted by molar-refractivity contribution is -0.118. The van der Waals surface area contributed by atoms with Crippen molar-refractivity contribution in [2.24, 2.45) is 5.73 Å². The number of aryl methyl sites for hydroxylation is 1. The van der Waals surface area contributed by atoms with E-state index in [0.29, 0.717) is 10.9 Å². The number of thiazole rings is 1. The number of nitrogens with two attached hydrogens (primary N) is 1. The van der Waals surface area contributed by atoms with Crippen LogP contribution < -0.4 is 15.8 Å². The molecule has 0 radical (unpaired) electrons. The first-order valence-electron chi connectivity index (χ1n) is 6.92. The van der Waals surface area contributed by atoms with Gasteiger partial charge in [0.25, 0.3) is 5.91 Å². The highest BCUT2D eigenvalue weighted by atomic mass is 32.1. The van der Waals surface area contributed by atoms with E-state index in [1.165, 1.54) is 16.2 Å². The van der Waals surface area contributed by atoms with Gasteiger partial charge in [-0.3, -0.25) is 10.1 Å². The van der Waals surface area contributed by atoms with Crippen molar-refractivity contribution in [1.29, 1.82) is 0 Å². The Labute approximate surface area is 127 Å². The standard InChI is InChI=1S/C15H17N3O2S/c16-10-6-7-12-13(8-10)21-15(17-12)18-14(19)9-20-11-4-2-1-3-5-11/h1-5,10H,6-9,16H2,(H,17,18,19)/t10-/m0/s1. The van der Waals surface area contributed by atoms with E-state index in [1.807, 2.05) is 30.3 Å². The van der Waals surface area contributed by atoms with E-state index < -0.39 is 0 Å². The number of benzene rings is 1. The third-order valence-electron chi connectivity index (χ3n) is 3.34. The number of nitrogens with one attached hydrogen (secondary N) is 1. The van der Waals surface area contributed by atoms with Crippen molar-refractivity contribution in [3.05, 3.63) is 40.9 Å². The lowest BCUT2D eigenvalue weighted by Gasteiger charge is -2.15. The summed E-state index contributed by atoms with van der Waals surface area (Å²) >= 11 is 1.51. The van der Waals surface area contributed by atoms with Crippen LogP contribution in [0, 0.1) is 0 Å². The number of nitrogens with zero attached hydrogens (tertiary/aromatic N) is 1. The molecule has 0 spiro atoms.